The van der Waals surface area contributed by atoms with Gasteiger partial charge in [-0.2, -0.15) is 0 Å². The predicted molar refractivity (Wildman–Crippen MR) is 72.8 cm³/mol. The maximum Gasteiger partial charge on any atom is 0.272 e. The fourth-order valence-corrected chi connectivity index (χ4v) is 2.74. The molecule has 1 heterocycles. The van der Waals surface area contributed by atoms with E-state index in [9.17, 15) is 14.5 Å². The van der Waals surface area contributed by atoms with Crippen molar-refractivity contribution >= 4 is 5.69 Å². The van der Waals surface area contributed by atoms with E-state index in [1.54, 1.807) is 0 Å². The molecule has 0 spiro atoms. The van der Waals surface area contributed by atoms with Crippen molar-refractivity contribution in [2.24, 2.45) is 0 Å². The molecule has 5 nitrogen and oxygen atoms in total. The standard InChI is InChI=1S/C14H19FN2O3/c15-14-9-13(17(19)20)5-4-11(14)10-16-7-2-1-3-12(16)6-8-18/h4-5,9,12,18H,1-3,6-8,10H2. The third-order valence-electron chi connectivity index (χ3n) is 3.83. The monoisotopic (exact) mass is 282 g/mol. The Bertz CT molecular complexity index is 479. The van der Waals surface area contributed by atoms with Gasteiger partial charge in [0.2, 0.25) is 0 Å². The van der Waals surface area contributed by atoms with Gasteiger partial charge in [0.1, 0.15) is 5.82 Å². The predicted octanol–water partition coefficient (Wildman–Crippen LogP) is 2.47. The fourth-order valence-electron chi connectivity index (χ4n) is 2.74. The molecule has 0 aliphatic carbocycles. The Kier molecular flexibility index (Phi) is 5.03. The topological polar surface area (TPSA) is 66.6 Å². The second kappa shape index (κ2) is 6.76. The van der Waals surface area contributed by atoms with Crippen LogP contribution in [0.1, 0.15) is 31.2 Å². The number of hydrogen-bond acceptors (Lipinski definition) is 4. The van der Waals surface area contributed by atoms with Gasteiger partial charge in [-0.05, 0) is 31.9 Å². The van der Waals surface area contributed by atoms with Crippen LogP contribution in [0, 0.1) is 15.9 Å². The zero-order chi connectivity index (χ0) is 14.5. The van der Waals surface area contributed by atoms with E-state index in [1.807, 2.05) is 0 Å². The van der Waals surface area contributed by atoms with Gasteiger partial charge in [-0.1, -0.05) is 6.42 Å². The average Bonchev–Trinajstić information content (AvgIpc) is 2.43. The summed E-state index contributed by atoms with van der Waals surface area (Å²) in [6, 6.07) is 4.06. The number of nitrogens with zero attached hydrogens (tertiary/aromatic N) is 2. The van der Waals surface area contributed by atoms with Crippen LogP contribution >= 0.6 is 0 Å². The SMILES string of the molecule is O=[N+]([O-])c1ccc(CN2CCCCC2CCO)c(F)c1. The van der Waals surface area contributed by atoms with Crippen molar-refractivity contribution in [1.29, 1.82) is 0 Å². The summed E-state index contributed by atoms with van der Waals surface area (Å²) in [5.74, 6) is -0.535. The minimum absolute atomic E-state index is 0.129. The Morgan fingerprint density at radius 3 is 2.90 bits per heavy atom. The molecule has 110 valence electrons. The van der Waals surface area contributed by atoms with Gasteiger partial charge in [-0.3, -0.25) is 15.0 Å². The third kappa shape index (κ3) is 3.52. The molecule has 0 saturated carbocycles. The van der Waals surface area contributed by atoms with E-state index in [4.69, 9.17) is 5.11 Å². The molecule has 0 bridgehead atoms. The van der Waals surface area contributed by atoms with E-state index in [-0.39, 0.29) is 18.3 Å². The Hall–Kier alpha value is -1.53. The van der Waals surface area contributed by atoms with E-state index in [2.05, 4.69) is 4.90 Å². The van der Waals surface area contributed by atoms with Crippen molar-refractivity contribution in [3.05, 3.63) is 39.7 Å². The maximum absolute atomic E-state index is 13.9. The molecule has 1 aliphatic rings. The molecule has 6 heteroatoms. The number of rotatable bonds is 5. The highest BCUT2D eigenvalue weighted by Crippen LogP contribution is 2.24. The number of hydrogen-bond donors (Lipinski definition) is 1. The van der Waals surface area contributed by atoms with Crippen LogP contribution in [-0.2, 0) is 6.54 Å². The average molecular weight is 282 g/mol. The highest BCUT2D eigenvalue weighted by Gasteiger charge is 2.23. The highest BCUT2D eigenvalue weighted by molar-refractivity contribution is 5.34. The van der Waals surface area contributed by atoms with Gasteiger partial charge in [0.05, 0.1) is 11.0 Å². The summed E-state index contributed by atoms with van der Waals surface area (Å²) in [5, 5.41) is 19.7. The number of non-ortho nitro benzene ring substituents is 1. The second-order valence-corrected chi connectivity index (χ2v) is 5.17. The van der Waals surface area contributed by atoms with Crippen LogP contribution in [0.5, 0.6) is 0 Å². The van der Waals surface area contributed by atoms with Gasteiger partial charge >= 0.3 is 0 Å². The van der Waals surface area contributed by atoms with Crippen LogP contribution < -0.4 is 0 Å². The first-order chi connectivity index (χ1) is 9.61. The molecule has 1 saturated heterocycles. The lowest BCUT2D eigenvalue weighted by atomic mass is 9.98. The smallest absolute Gasteiger partial charge is 0.272 e. The Labute approximate surface area is 117 Å². The molecule has 1 aromatic rings. The Morgan fingerprint density at radius 2 is 2.25 bits per heavy atom. The normalized spacial score (nSPS) is 20.0. The van der Waals surface area contributed by atoms with Gasteiger partial charge in [0.25, 0.3) is 5.69 Å². The van der Waals surface area contributed by atoms with Gasteiger partial charge < -0.3 is 5.11 Å². The van der Waals surface area contributed by atoms with E-state index in [1.165, 1.54) is 12.1 Å². The fraction of sp³-hybridized carbons (Fsp3) is 0.571. The molecule has 1 fully saturated rings. The van der Waals surface area contributed by atoms with Crippen LogP contribution in [0.25, 0.3) is 0 Å². The quantitative estimate of drug-likeness (QED) is 0.665. The summed E-state index contributed by atoms with van der Waals surface area (Å²) in [7, 11) is 0. The summed E-state index contributed by atoms with van der Waals surface area (Å²) in [6.07, 6.45) is 3.89. The van der Waals surface area contributed by atoms with Crippen LogP contribution in [0.4, 0.5) is 10.1 Å². The minimum Gasteiger partial charge on any atom is -0.396 e. The highest BCUT2D eigenvalue weighted by atomic mass is 19.1. The number of aliphatic hydroxyl groups is 1. The van der Waals surface area contributed by atoms with E-state index in [0.29, 0.717) is 18.5 Å². The van der Waals surface area contributed by atoms with Gasteiger partial charge in [0.15, 0.2) is 0 Å². The van der Waals surface area contributed by atoms with Gasteiger partial charge in [-0.15, -0.1) is 0 Å². The number of piperidine rings is 1. The molecule has 2 rings (SSSR count). The van der Waals surface area contributed by atoms with Crippen molar-refractivity contribution in [2.75, 3.05) is 13.2 Å². The van der Waals surface area contributed by atoms with Crippen LogP contribution in [0.3, 0.4) is 0 Å². The number of halogens is 1. The van der Waals surface area contributed by atoms with Gasteiger partial charge in [0, 0.05) is 30.8 Å². The number of likely N-dealkylation sites (tertiary alicyclic amines) is 1. The first kappa shape index (κ1) is 14.9. The van der Waals surface area contributed by atoms with Crippen LogP contribution in [0.2, 0.25) is 0 Å². The molecule has 1 aromatic carbocycles. The number of nitro groups is 1. The summed E-state index contributed by atoms with van der Waals surface area (Å²) < 4.78 is 13.9. The van der Waals surface area contributed by atoms with E-state index >= 15 is 0 Å². The molecule has 1 atom stereocenters. The lowest BCUT2D eigenvalue weighted by Gasteiger charge is -2.35. The second-order valence-electron chi connectivity index (χ2n) is 5.17. The molecule has 0 aromatic heterocycles. The third-order valence-corrected chi connectivity index (χ3v) is 3.83. The zero-order valence-corrected chi connectivity index (χ0v) is 11.3. The molecule has 1 N–H and O–H groups in total. The van der Waals surface area contributed by atoms with Crippen molar-refractivity contribution in [1.82, 2.24) is 4.90 Å². The maximum atomic E-state index is 13.9. The summed E-state index contributed by atoms with van der Waals surface area (Å²) >= 11 is 0. The van der Waals surface area contributed by atoms with E-state index in [0.717, 1.165) is 31.9 Å². The summed E-state index contributed by atoms with van der Waals surface area (Å²) in [6.45, 7) is 1.44. The molecular weight excluding hydrogens is 263 g/mol. The lowest BCUT2D eigenvalue weighted by molar-refractivity contribution is -0.385. The first-order valence-electron chi connectivity index (χ1n) is 6.89. The summed E-state index contributed by atoms with van der Waals surface area (Å²) in [5.41, 5.74) is 0.247. The van der Waals surface area contributed by atoms with Crippen LogP contribution in [0.15, 0.2) is 18.2 Å². The largest absolute Gasteiger partial charge is 0.396 e. The van der Waals surface area contributed by atoms with Gasteiger partial charge in [-0.25, -0.2) is 4.39 Å². The Balaban J connectivity index is 2.09. The Morgan fingerprint density at radius 1 is 1.45 bits per heavy atom. The van der Waals surface area contributed by atoms with Crippen molar-refractivity contribution in [2.45, 2.75) is 38.3 Å². The van der Waals surface area contributed by atoms with Crippen molar-refractivity contribution in [3.8, 4) is 0 Å². The van der Waals surface area contributed by atoms with E-state index < -0.39 is 10.7 Å². The molecule has 0 radical (unpaired) electrons. The molecule has 0 amide bonds. The molecular formula is C14H19FN2O3. The number of aliphatic hydroxyl groups excluding tert-OH is 1. The first-order valence-corrected chi connectivity index (χ1v) is 6.89. The minimum atomic E-state index is -0.595. The molecule has 1 unspecified atom stereocenters. The molecule has 20 heavy (non-hydrogen) atoms. The molecule has 1 aliphatic heterocycles. The zero-order valence-electron chi connectivity index (χ0n) is 11.3. The van der Waals surface area contributed by atoms with Crippen molar-refractivity contribution < 1.29 is 14.4 Å². The number of benzene rings is 1. The number of nitro benzene ring substituents is 1. The summed E-state index contributed by atoms with van der Waals surface area (Å²) in [4.78, 5) is 12.2. The van der Waals surface area contributed by atoms with Crippen LogP contribution in [-0.4, -0.2) is 34.1 Å². The lowest BCUT2D eigenvalue weighted by Crippen LogP contribution is -2.39. The van der Waals surface area contributed by atoms with Crippen molar-refractivity contribution in [3.63, 3.8) is 0 Å².